The van der Waals surface area contributed by atoms with Gasteiger partial charge >= 0.3 is 0 Å². The first-order chi connectivity index (χ1) is 10.2. The number of hydrogen-bond acceptors (Lipinski definition) is 3. The first-order valence-corrected chi connectivity index (χ1v) is 8.94. The monoisotopic (exact) mass is 356 g/mol. The molecule has 1 N–H and O–H groups in total. The Morgan fingerprint density at radius 2 is 2.19 bits per heavy atom. The van der Waals surface area contributed by atoms with Crippen LogP contribution >= 0.6 is 15.9 Å². The highest BCUT2D eigenvalue weighted by molar-refractivity contribution is 9.10. The highest BCUT2D eigenvalue weighted by atomic mass is 79.9. The lowest BCUT2D eigenvalue weighted by atomic mass is 10.00. The van der Waals surface area contributed by atoms with E-state index in [0.29, 0.717) is 6.61 Å². The van der Waals surface area contributed by atoms with Crippen molar-refractivity contribution in [3.63, 3.8) is 0 Å². The second kappa shape index (κ2) is 11.0. The predicted molar refractivity (Wildman–Crippen MR) is 93.8 cm³/mol. The van der Waals surface area contributed by atoms with Gasteiger partial charge in [0, 0.05) is 31.6 Å². The Labute approximate surface area is 137 Å². The number of aliphatic hydroxyl groups is 1. The number of anilines is 1. The molecule has 0 spiro atoms. The van der Waals surface area contributed by atoms with Gasteiger partial charge in [-0.2, -0.15) is 0 Å². The van der Waals surface area contributed by atoms with E-state index in [0.717, 1.165) is 16.9 Å². The van der Waals surface area contributed by atoms with Gasteiger partial charge in [-0.05, 0) is 53.2 Å². The van der Waals surface area contributed by atoms with E-state index in [1.54, 1.807) is 0 Å². The van der Waals surface area contributed by atoms with E-state index in [2.05, 4.69) is 51.8 Å². The number of rotatable bonds is 5. The molecule has 0 saturated carbocycles. The quantitative estimate of drug-likeness (QED) is 0.616. The summed E-state index contributed by atoms with van der Waals surface area (Å²) < 4.78 is 0.924. The molecule has 2 heterocycles. The maximum absolute atomic E-state index is 8.29. The number of nitrogens with zero attached hydrogens (tertiary/aromatic N) is 2. The first kappa shape index (κ1) is 18.4. The summed E-state index contributed by atoms with van der Waals surface area (Å²) in [4.78, 5) is 6.59. The van der Waals surface area contributed by atoms with Crippen molar-refractivity contribution in [2.24, 2.45) is 5.92 Å². The van der Waals surface area contributed by atoms with Gasteiger partial charge in [0.2, 0.25) is 0 Å². The van der Waals surface area contributed by atoms with E-state index < -0.39 is 0 Å². The van der Waals surface area contributed by atoms with Crippen LogP contribution in [0.25, 0.3) is 0 Å². The maximum atomic E-state index is 8.29. The van der Waals surface area contributed by atoms with Gasteiger partial charge in [-0.3, -0.25) is 0 Å². The van der Waals surface area contributed by atoms with Crippen LogP contribution in [0, 0.1) is 5.92 Å². The molecule has 120 valence electrons. The number of halogens is 1. The van der Waals surface area contributed by atoms with Gasteiger partial charge in [-0.25, -0.2) is 4.98 Å². The number of aromatic nitrogens is 1. The fourth-order valence-electron chi connectivity index (χ4n) is 2.55. The van der Waals surface area contributed by atoms with Gasteiger partial charge in [0.25, 0.3) is 0 Å². The number of unbranched alkanes of at least 4 members (excludes halogenated alkanes) is 3. The van der Waals surface area contributed by atoms with Gasteiger partial charge in [-0.1, -0.05) is 33.1 Å². The molecule has 0 amide bonds. The third-order valence-electron chi connectivity index (χ3n) is 3.74. The third kappa shape index (κ3) is 7.82. The zero-order valence-corrected chi connectivity index (χ0v) is 15.0. The molecular formula is C17H29BrN2O. The number of pyridine rings is 1. The molecule has 1 fully saturated rings. The second-order valence-corrected chi connectivity index (χ2v) is 6.63. The van der Waals surface area contributed by atoms with Crippen LogP contribution in [0.5, 0.6) is 0 Å². The fraction of sp³-hybridized carbons (Fsp3) is 0.706. The lowest BCUT2D eigenvalue weighted by Crippen LogP contribution is -2.34. The SMILES string of the molecule is CC1CCCN(c2ccnc(Br)c2)C1.CCCCCCO. The van der Waals surface area contributed by atoms with Crippen LogP contribution < -0.4 is 4.90 Å². The summed E-state index contributed by atoms with van der Waals surface area (Å²) in [5.41, 5.74) is 1.29. The minimum absolute atomic E-state index is 0.361. The zero-order chi connectivity index (χ0) is 15.5. The highest BCUT2D eigenvalue weighted by Gasteiger charge is 2.16. The summed E-state index contributed by atoms with van der Waals surface area (Å²) in [6, 6.07) is 4.18. The molecule has 1 aromatic heterocycles. The molecule has 4 heteroatoms. The van der Waals surface area contributed by atoms with Gasteiger partial charge in [-0.15, -0.1) is 0 Å². The van der Waals surface area contributed by atoms with Gasteiger partial charge < -0.3 is 10.0 Å². The molecule has 0 radical (unpaired) electrons. The summed E-state index contributed by atoms with van der Waals surface area (Å²) in [5.74, 6) is 0.815. The average molecular weight is 357 g/mol. The molecule has 1 saturated heterocycles. The Hall–Kier alpha value is -0.610. The van der Waals surface area contributed by atoms with Crippen molar-refractivity contribution in [1.29, 1.82) is 0 Å². The van der Waals surface area contributed by atoms with Crippen LogP contribution in [-0.4, -0.2) is 29.8 Å². The first-order valence-electron chi connectivity index (χ1n) is 8.14. The van der Waals surface area contributed by atoms with Crippen LogP contribution in [0.2, 0.25) is 0 Å². The van der Waals surface area contributed by atoms with Crippen LogP contribution in [-0.2, 0) is 0 Å². The van der Waals surface area contributed by atoms with Crippen molar-refractivity contribution in [2.75, 3.05) is 24.6 Å². The Bertz CT molecular complexity index is 383. The minimum Gasteiger partial charge on any atom is -0.396 e. The lowest BCUT2D eigenvalue weighted by molar-refractivity contribution is 0.283. The van der Waals surface area contributed by atoms with Crippen molar-refractivity contribution < 1.29 is 5.11 Å². The lowest BCUT2D eigenvalue weighted by Gasteiger charge is -2.32. The predicted octanol–water partition coefficient (Wildman–Crippen LogP) is 4.64. The molecular weight excluding hydrogens is 328 g/mol. The summed E-state index contributed by atoms with van der Waals surface area (Å²) >= 11 is 3.41. The van der Waals surface area contributed by atoms with Crippen LogP contribution in [0.4, 0.5) is 5.69 Å². The van der Waals surface area contributed by atoms with Crippen LogP contribution in [0.1, 0.15) is 52.4 Å². The van der Waals surface area contributed by atoms with Crippen molar-refractivity contribution >= 4 is 21.6 Å². The molecule has 1 aromatic rings. The Kier molecular flexibility index (Phi) is 9.68. The van der Waals surface area contributed by atoms with Gasteiger partial charge in [0.15, 0.2) is 0 Å². The van der Waals surface area contributed by atoms with Crippen LogP contribution in [0.15, 0.2) is 22.9 Å². The van der Waals surface area contributed by atoms with E-state index in [-0.39, 0.29) is 0 Å². The third-order valence-corrected chi connectivity index (χ3v) is 4.18. The number of piperidine rings is 1. The van der Waals surface area contributed by atoms with E-state index in [4.69, 9.17) is 5.11 Å². The maximum Gasteiger partial charge on any atom is 0.108 e. The molecule has 0 aliphatic carbocycles. The Balaban J connectivity index is 0.000000270. The molecule has 2 rings (SSSR count). The molecule has 1 unspecified atom stereocenters. The van der Waals surface area contributed by atoms with E-state index >= 15 is 0 Å². The highest BCUT2D eigenvalue weighted by Crippen LogP contribution is 2.24. The van der Waals surface area contributed by atoms with Crippen molar-refractivity contribution in [1.82, 2.24) is 4.98 Å². The van der Waals surface area contributed by atoms with Crippen molar-refractivity contribution in [3.8, 4) is 0 Å². The summed E-state index contributed by atoms with van der Waals surface area (Å²) in [6.45, 7) is 7.21. The van der Waals surface area contributed by atoms with Gasteiger partial charge in [0.05, 0.1) is 0 Å². The standard InChI is InChI=1S/C11H15BrN2.C6H14O/c1-9-3-2-6-14(8-9)10-4-5-13-11(12)7-10;1-2-3-4-5-6-7/h4-5,7,9H,2-3,6,8H2,1H3;7H,2-6H2,1H3. The van der Waals surface area contributed by atoms with E-state index in [9.17, 15) is 0 Å². The molecule has 0 aromatic carbocycles. The minimum atomic E-state index is 0.361. The zero-order valence-electron chi connectivity index (χ0n) is 13.4. The largest absolute Gasteiger partial charge is 0.396 e. The molecule has 1 atom stereocenters. The van der Waals surface area contributed by atoms with Gasteiger partial charge in [0.1, 0.15) is 4.60 Å². The normalized spacial score (nSPS) is 18.1. The summed E-state index contributed by atoms with van der Waals surface area (Å²) in [7, 11) is 0. The fourth-order valence-corrected chi connectivity index (χ4v) is 2.90. The number of hydrogen-bond donors (Lipinski definition) is 1. The Morgan fingerprint density at radius 1 is 1.38 bits per heavy atom. The molecule has 21 heavy (non-hydrogen) atoms. The molecule has 1 aliphatic heterocycles. The van der Waals surface area contributed by atoms with Crippen molar-refractivity contribution in [2.45, 2.75) is 52.4 Å². The topological polar surface area (TPSA) is 36.4 Å². The second-order valence-electron chi connectivity index (χ2n) is 5.81. The number of aliphatic hydroxyl groups excluding tert-OH is 1. The van der Waals surface area contributed by atoms with Crippen LogP contribution in [0.3, 0.4) is 0 Å². The van der Waals surface area contributed by atoms with E-state index in [1.807, 2.05) is 6.20 Å². The summed E-state index contributed by atoms with van der Waals surface area (Å²) in [6.07, 6.45) is 9.21. The molecule has 0 bridgehead atoms. The Morgan fingerprint density at radius 3 is 2.81 bits per heavy atom. The summed E-state index contributed by atoms with van der Waals surface area (Å²) in [5, 5.41) is 8.29. The molecule has 1 aliphatic rings. The van der Waals surface area contributed by atoms with Crippen molar-refractivity contribution in [3.05, 3.63) is 22.9 Å². The van der Waals surface area contributed by atoms with E-state index in [1.165, 1.54) is 50.9 Å². The average Bonchev–Trinajstić information content (AvgIpc) is 2.48. The smallest absolute Gasteiger partial charge is 0.108 e. The molecule has 3 nitrogen and oxygen atoms in total.